The number of nitrogens with zero attached hydrogens (tertiary/aromatic N) is 1. The molecule has 1 heterocycles. The van der Waals surface area contributed by atoms with Crippen LogP contribution in [-0.2, 0) is 24.8 Å². The highest BCUT2D eigenvalue weighted by atomic mass is 35.5. The maximum Gasteiger partial charge on any atom is 0.262 e. The van der Waals surface area contributed by atoms with Crippen LogP contribution < -0.4 is 9.03 Å². The average molecular weight is 449 g/mol. The molecule has 0 aromatic heterocycles. The Morgan fingerprint density at radius 2 is 1.74 bits per heavy atom. The van der Waals surface area contributed by atoms with E-state index in [9.17, 15) is 21.6 Å². The highest BCUT2D eigenvalue weighted by molar-refractivity contribution is 7.94. The van der Waals surface area contributed by atoms with Crippen LogP contribution in [0.3, 0.4) is 0 Å². The maximum absolute atomic E-state index is 12.9. The molecule has 1 N–H and O–H groups in total. The molecule has 144 valence electrons. The highest BCUT2D eigenvalue weighted by Gasteiger charge is 2.37. The lowest BCUT2D eigenvalue weighted by atomic mass is 10.2. The van der Waals surface area contributed by atoms with Crippen molar-refractivity contribution in [3.63, 3.8) is 0 Å². The predicted molar refractivity (Wildman–Crippen MR) is 104 cm³/mol. The molecule has 1 aliphatic heterocycles. The number of hydrogen-bond acceptors (Lipinski definition) is 5. The van der Waals surface area contributed by atoms with E-state index in [0.29, 0.717) is 9.87 Å². The van der Waals surface area contributed by atoms with Gasteiger partial charge in [0.25, 0.3) is 10.0 Å². The molecule has 0 spiro atoms. The van der Waals surface area contributed by atoms with Gasteiger partial charge < -0.3 is 0 Å². The molecule has 0 atom stereocenters. The number of rotatable bonds is 4. The largest absolute Gasteiger partial charge is 0.277 e. The van der Waals surface area contributed by atoms with Gasteiger partial charge in [-0.1, -0.05) is 35.3 Å². The molecule has 0 saturated carbocycles. The lowest BCUT2D eigenvalue weighted by Crippen LogP contribution is -2.29. The number of hydrogen-bond donors (Lipinski definition) is 1. The van der Waals surface area contributed by atoms with Gasteiger partial charge in [-0.3, -0.25) is 9.52 Å². The monoisotopic (exact) mass is 448 g/mol. The molecule has 1 fully saturated rings. The van der Waals surface area contributed by atoms with Gasteiger partial charge in [0.1, 0.15) is 0 Å². The van der Waals surface area contributed by atoms with Crippen LogP contribution in [0, 0.1) is 6.92 Å². The summed E-state index contributed by atoms with van der Waals surface area (Å²) in [7, 11) is -7.96. The van der Waals surface area contributed by atoms with E-state index >= 15 is 0 Å². The molecule has 0 bridgehead atoms. The molecule has 7 nitrogen and oxygen atoms in total. The summed E-state index contributed by atoms with van der Waals surface area (Å²) in [4.78, 5) is 11.8. The van der Waals surface area contributed by atoms with Crippen LogP contribution in [0.5, 0.6) is 0 Å². The lowest BCUT2D eigenvalue weighted by Gasteiger charge is -2.18. The van der Waals surface area contributed by atoms with Crippen LogP contribution in [-0.4, -0.2) is 28.5 Å². The van der Waals surface area contributed by atoms with Crippen molar-refractivity contribution in [2.45, 2.75) is 18.2 Å². The van der Waals surface area contributed by atoms with Crippen molar-refractivity contribution in [3.05, 3.63) is 52.0 Å². The van der Waals surface area contributed by atoms with E-state index in [1.807, 2.05) is 0 Å². The number of benzene rings is 2. The smallest absolute Gasteiger partial charge is 0.262 e. The summed E-state index contributed by atoms with van der Waals surface area (Å²) < 4.78 is 52.9. The normalized spacial score (nSPS) is 16.6. The van der Waals surface area contributed by atoms with Gasteiger partial charge in [-0.15, -0.1) is 0 Å². The van der Waals surface area contributed by atoms with Crippen molar-refractivity contribution in [1.82, 2.24) is 0 Å². The second-order valence-electron chi connectivity index (χ2n) is 5.88. The van der Waals surface area contributed by atoms with E-state index in [2.05, 4.69) is 4.72 Å². The fourth-order valence-electron chi connectivity index (χ4n) is 2.66. The van der Waals surface area contributed by atoms with Gasteiger partial charge in [-0.2, -0.15) is 0 Å². The van der Waals surface area contributed by atoms with Crippen molar-refractivity contribution in [2.24, 2.45) is 0 Å². The third kappa shape index (κ3) is 3.77. The van der Waals surface area contributed by atoms with Gasteiger partial charge in [0, 0.05) is 6.42 Å². The number of aryl methyl sites for hydroxylation is 1. The van der Waals surface area contributed by atoms with Crippen LogP contribution in [0.1, 0.15) is 12.0 Å². The Hall–Kier alpha value is -1.81. The number of carbonyl (C=O) groups excluding carboxylic acids is 1. The minimum atomic E-state index is -4.15. The zero-order valence-electron chi connectivity index (χ0n) is 13.9. The Bertz CT molecular complexity index is 1130. The Kier molecular flexibility index (Phi) is 5.15. The summed E-state index contributed by atoms with van der Waals surface area (Å²) in [6, 6.07) is 8.48. The minimum Gasteiger partial charge on any atom is -0.277 e. The van der Waals surface area contributed by atoms with Crippen molar-refractivity contribution < 1.29 is 21.6 Å². The number of carbonyl (C=O) groups is 1. The van der Waals surface area contributed by atoms with E-state index in [0.717, 1.165) is 6.07 Å². The van der Waals surface area contributed by atoms with Gasteiger partial charge >= 0.3 is 0 Å². The van der Waals surface area contributed by atoms with Crippen LogP contribution in [0.25, 0.3) is 0 Å². The molecular weight excluding hydrogens is 435 g/mol. The minimum absolute atomic E-state index is 0.00973. The Labute approximate surface area is 167 Å². The lowest BCUT2D eigenvalue weighted by molar-refractivity contribution is -0.116. The van der Waals surface area contributed by atoms with Gasteiger partial charge in [0.2, 0.25) is 15.9 Å². The van der Waals surface area contributed by atoms with E-state index in [4.69, 9.17) is 23.2 Å². The average Bonchev–Trinajstić information content (AvgIpc) is 2.85. The van der Waals surface area contributed by atoms with Crippen molar-refractivity contribution >= 4 is 60.5 Å². The number of halogens is 2. The van der Waals surface area contributed by atoms with Crippen molar-refractivity contribution in [1.29, 1.82) is 0 Å². The number of nitrogens with one attached hydrogen (secondary N) is 1. The summed E-state index contributed by atoms with van der Waals surface area (Å²) in [6.45, 7) is 1.55. The fraction of sp³-hybridized carbons (Fsp3) is 0.188. The van der Waals surface area contributed by atoms with Crippen LogP contribution in [0.4, 0.5) is 11.4 Å². The molecule has 0 aliphatic carbocycles. The van der Waals surface area contributed by atoms with Crippen LogP contribution >= 0.6 is 23.2 Å². The summed E-state index contributed by atoms with van der Waals surface area (Å²) >= 11 is 12.0. The fourth-order valence-corrected chi connectivity index (χ4v) is 6.08. The van der Waals surface area contributed by atoms with Crippen molar-refractivity contribution in [3.8, 4) is 0 Å². The topological polar surface area (TPSA) is 101 Å². The molecule has 27 heavy (non-hydrogen) atoms. The Morgan fingerprint density at radius 3 is 2.30 bits per heavy atom. The first-order valence-electron chi connectivity index (χ1n) is 7.66. The summed E-state index contributed by atoms with van der Waals surface area (Å²) in [5.74, 6) is -0.917. The highest BCUT2D eigenvalue weighted by Crippen LogP contribution is 2.34. The molecular formula is C16H14Cl2N2O5S2. The van der Waals surface area contributed by atoms with E-state index in [-0.39, 0.29) is 38.5 Å². The zero-order chi connectivity index (χ0) is 20.0. The quantitative estimate of drug-likeness (QED) is 0.773. The molecule has 1 amide bonds. The second kappa shape index (κ2) is 6.97. The van der Waals surface area contributed by atoms with Gasteiger partial charge in [0.05, 0.1) is 32.1 Å². The van der Waals surface area contributed by atoms with Gasteiger partial charge in [0.15, 0.2) is 0 Å². The van der Waals surface area contributed by atoms with E-state index < -0.39 is 26.0 Å². The summed E-state index contributed by atoms with van der Waals surface area (Å²) in [5.41, 5.74) is 0.336. The molecule has 2 aromatic rings. The number of para-hydroxylation sites is 1. The van der Waals surface area contributed by atoms with Gasteiger partial charge in [-0.25, -0.2) is 21.1 Å². The van der Waals surface area contributed by atoms with Crippen molar-refractivity contribution in [2.75, 3.05) is 14.8 Å². The number of anilines is 2. The molecule has 3 rings (SSSR count). The second-order valence-corrected chi connectivity index (χ2v) is 10.3. The molecule has 11 heteroatoms. The number of sulfonamides is 2. The van der Waals surface area contributed by atoms with E-state index in [1.165, 1.54) is 24.3 Å². The predicted octanol–water partition coefficient (Wildman–Crippen LogP) is 3.17. The summed E-state index contributed by atoms with van der Waals surface area (Å²) in [6.07, 6.45) is -0.147. The third-order valence-electron chi connectivity index (χ3n) is 3.97. The standard InChI is InChI=1S/C16H14Cl2N2O5S2/c1-10-5-6-11(20-15(21)7-8-26(20,22)23)9-14(10)27(24,25)19-16-12(17)3-2-4-13(16)18/h2-6,9,19H,7-8H2,1H3. The Balaban J connectivity index is 2.08. The Morgan fingerprint density at radius 1 is 1.11 bits per heavy atom. The van der Waals surface area contributed by atoms with Crippen LogP contribution in [0.15, 0.2) is 41.3 Å². The zero-order valence-corrected chi connectivity index (χ0v) is 17.1. The molecule has 0 radical (unpaired) electrons. The molecule has 0 unspecified atom stereocenters. The maximum atomic E-state index is 12.9. The first-order chi connectivity index (χ1) is 12.5. The molecule has 2 aromatic carbocycles. The third-order valence-corrected chi connectivity index (χ3v) is 7.79. The summed E-state index contributed by atoms with van der Waals surface area (Å²) in [5, 5.41) is 0.217. The van der Waals surface area contributed by atoms with E-state index in [1.54, 1.807) is 13.0 Å². The molecule has 1 aliphatic rings. The first kappa shape index (κ1) is 19.9. The SMILES string of the molecule is Cc1ccc(N2C(=O)CCS2(=O)=O)cc1S(=O)(=O)Nc1c(Cl)cccc1Cl. The van der Waals surface area contributed by atoms with Crippen LogP contribution in [0.2, 0.25) is 10.0 Å². The molecule has 1 saturated heterocycles. The van der Waals surface area contributed by atoms with Gasteiger partial charge in [-0.05, 0) is 36.8 Å². The first-order valence-corrected chi connectivity index (χ1v) is 11.5. The number of amides is 1.